The van der Waals surface area contributed by atoms with E-state index in [-0.39, 0.29) is 5.91 Å². The smallest absolute Gasteiger partial charge is 0.264 e. The molecule has 21 heavy (non-hydrogen) atoms. The number of amidine groups is 1. The van der Waals surface area contributed by atoms with Crippen LogP contribution in [0.5, 0.6) is 0 Å². The Balaban J connectivity index is 1.87. The molecule has 1 aromatic heterocycles. The van der Waals surface area contributed by atoms with Gasteiger partial charge in [0, 0.05) is 5.02 Å². The van der Waals surface area contributed by atoms with Crippen molar-refractivity contribution in [3.05, 3.63) is 56.1 Å². The number of carbonyl (C=O) groups excluding carboxylic acids is 1. The van der Waals surface area contributed by atoms with Gasteiger partial charge in [0.15, 0.2) is 5.17 Å². The van der Waals surface area contributed by atoms with Crippen molar-refractivity contribution in [3.63, 3.8) is 0 Å². The molecule has 106 valence electrons. The van der Waals surface area contributed by atoms with Gasteiger partial charge in [-0.05, 0) is 64.8 Å². The predicted octanol–water partition coefficient (Wildman–Crippen LogP) is 4.60. The number of aliphatic imine (C=N–C) groups is 1. The van der Waals surface area contributed by atoms with Gasteiger partial charge in [0.2, 0.25) is 0 Å². The van der Waals surface area contributed by atoms with Crippen molar-refractivity contribution in [2.75, 3.05) is 0 Å². The van der Waals surface area contributed by atoms with Crippen molar-refractivity contribution in [3.8, 4) is 0 Å². The summed E-state index contributed by atoms with van der Waals surface area (Å²) < 4.78 is 0. The van der Waals surface area contributed by atoms with Crippen molar-refractivity contribution < 1.29 is 4.79 Å². The molecule has 0 bridgehead atoms. The number of thioether (sulfide) groups is 1. The Hall–Kier alpha value is -1.56. The topological polar surface area (TPSA) is 41.5 Å². The number of carbonyl (C=O) groups is 1. The summed E-state index contributed by atoms with van der Waals surface area (Å²) >= 11 is 9.02. The second kappa shape index (κ2) is 6.05. The zero-order valence-corrected chi connectivity index (χ0v) is 13.5. The van der Waals surface area contributed by atoms with Crippen LogP contribution in [-0.4, -0.2) is 11.1 Å². The van der Waals surface area contributed by atoms with E-state index in [1.54, 1.807) is 11.3 Å². The van der Waals surface area contributed by atoms with E-state index in [0.717, 1.165) is 16.8 Å². The number of benzene rings is 1. The molecule has 0 saturated carbocycles. The minimum atomic E-state index is -0.121. The van der Waals surface area contributed by atoms with E-state index in [1.807, 2.05) is 48.0 Å². The largest absolute Gasteiger partial charge is 0.300 e. The average Bonchev–Trinajstić information content (AvgIpc) is 3.07. The van der Waals surface area contributed by atoms with Crippen LogP contribution < -0.4 is 5.32 Å². The SMILES string of the molecule is Cc1c(Cl)cccc1N=C1NC(=O)/C(=C\c2ccsc2)S1. The van der Waals surface area contributed by atoms with Crippen LogP contribution in [0.2, 0.25) is 5.02 Å². The molecule has 3 nitrogen and oxygen atoms in total. The Kier molecular flexibility index (Phi) is 4.14. The summed E-state index contributed by atoms with van der Waals surface area (Å²) in [5.41, 5.74) is 2.69. The molecule has 1 saturated heterocycles. The van der Waals surface area contributed by atoms with Gasteiger partial charge in [0.1, 0.15) is 0 Å². The van der Waals surface area contributed by atoms with Gasteiger partial charge in [-0.25, -0.2) is 4.99 Å². The van der Waals surface area contributed by atoms with Crippen LogP contribution in [0, 0.1) is 6.92 Å². The Morgan fingerprint density at radius 1 is 1.33 bits per heavy atom. The van der Waals surface area contributed by atoms with Gasteiger partial charge in [-0.1, -0.05) is 17.7 Å². The molecule has 1 N–H and O–H groups in total. The number of halogens is 1. The number of nitrogens with one attached hydrogen (secondary N) is 1. The van der Waals surface area contributed by atoms with Gasteiger partial charge >= 0.3 is 0 Å². The number of nitrogens with zero attached hydrogens (tertiary/aromatic N) is 1. The number of hydrogen-bond acceptors (Lipinski definition) is 4. The monoisotopic (exact) mass is 334 g/mol. The fourth-order valence-electron chi connectivity index (χ4n) is 1.82. The lowest BCUT2D eigenvalue weighted by Crippen LogP contribution is -2.19. The van der Waals surface area contributed by atoms with Crippen LogP contribution in [0.1, 0.15) is 11.1 Å². The van der Waals surface area contributed by atoms with Gasteiger partial charge in [-0.3, -0.25) is 4.79 Å². The first-order valence-corrected chi connectivity index (χ1v) is 8.34. The summed E-state index contributed by atoms with van der Waals surface area (Å²) in [5.74, 6) is -0.121. The second-order valence-electron chi connectivity index (χ2n) is 4.42. The van der Waals surface area contributed by atoms with Crippen LogP contribution in [0.3, 0.4) is 0 Å². The Morgan fingerprint density at radius 2 is 2.19 bits per heavy atom. The summed E-state index contributed by atoms with van der Waals surface area (Å²) in [5, 5.41) is 8.00. The van der Waals surface area contributed by atoms with Crippen LogP contribution >= 0.6 is 34.7 Å². The van der Waals surface area contributed by atoms with E-state index in [2.05, 4.69) is 10.3 Å². The highest BCUT2D eigenvalue weighted by Gasteiger charge is 2.24. The lowest BCUT2D eigenvalue weighted by atomic mass is 10.2. The molecule has 0 spiro atoms. The number of rotatable bonds is 2. The van der Waals surface area contributed by atoms with Crippen molar-refractivity contribution in [1.82, 2.24) is 5.32 Å². The number of thiophene rings is 1. The van der Waals surface area contributed by atoms with Crippen LogP contribution in [-0.2, 0) is 4.79 Å². The molecule has 1 aliphatic rings. The standard InChI is InChI=1S/C15H11ClN2OS2/c1-9-11(16)3-2-4-12(9)17-15-18-14(19)13(21-15)7-10-5-6-20-8-10/h2-8H,1H3,(H,17,18,19)/b13-7+. The van der Waals surface area contributed by atoms with E-state index in [0.29, 0.717) is 15.1 Å². The van der Waals surface area contributed by atoms with Gasteiger partial charge in [-0.15, -0.1) is 0 Å². The minimum Gasteiger partial charge on any atom is -0.300 e. The molecular weight excluding hydrogens is 324 g/mol. The molecule has 3 rings (SSSR count). The first kappa shape index (κ1) is 14.4. The zero-order valence-electron chi connectivity index (χ0n) is 11.1. The second-order valence-corrected chi connectivity index (χ2v) is 6.64. The van der Waals surface area contributed by atoms with E-state index < -0.39 is 0 Å². The lowest BCUT2D eigenvalue weighted by Gasteiger charge is -2.02. The lowest BCUT2D eigenvalue weighted by molar-refractivity contribution is -0.115. The maximum atomic E-state index is 11.9. The fourth-order valence-corrected chi connectivity index (χ4v) is 3.44. The summed E-state index contributed by atoms with van der Waals surface area (Å²) in [7, 11) is 0. The van der Waals surface area contributed by atoms with Gasteiger partial charge in [0.05, 0.1) is 10.6 Å². The number of amides is 1. The molecule has 0 radical (unpaired) electrons. The third kappa shape index (κ3) is 3.20. The molecular formula is C15H11ClN2OS2. The summed E-state index contributed by atoms with van der Waals surface area (Å²) in [6.07, 6.45) is 1.86. The predicted molar refractivity (Wildman–Crippen MR) is 91.3 cm³/mol. The molecule has 0 aliphatic carbocycles. The molecule has 0 unspecified atom stereocenters. The van der Waals surface area contributed by atoms with Gasteiger partial charge in [0.25, 0.3) is 5.91 Å². The quantitative estimate of drug-likeness (QED) is 0.815. The molecule has 1 amide bonds. The maximum absolute atomic E-state index is 11.9. The zero-order chi connectivity index (χ0) is 14.8. The van der Waals surface area contributed by atoms with Gasteiger partial charge in [-0.2, -0.15) is 11.3 Å². The Bertz CT molecular complexity index is 751. The number of hydrogen-bond donors (Lipinski definition) is 1. The molecule has 2 heterocycles. The summed E-state index contributed by atoms with van der Waals surface area (Å²) in [4.78, 5) is 17.1. The van der Waals surface area contributed by atoms with Crippen LogP contribution in [0.25, 0.3) is 6.08 Å². The fraction of sp³-hybridized carbons (Fsp3) is 0.0667. The molecule has 0 atom stereocenters. The molecule has 2 aromatic rings. The highest BCUT2D eigenvalue weighted by molar-refractivity contribution is 8.18. The van der Waals surface area contributed by atoms with Crippen LogP contribution in [0.15, 0.2) is 44.9 Å². The van der Waals surface area contributed by atoms with Crippen molar-refractivity contribution in [1.29, 1.82) is 0 Å². The highest BCUT2D eigenvalue weighted by atomic mass is 35.5. The average molecular weight is 335 g/mol. The first-order valence-electron chi connectivity index (χ1n) is 6.20. The normalized spacial score (nSPS) is 18.5. The van der Waals surface area contributed by atoms with Crippen molar-refractivity contribution in [2.45, 2.75) is 6.92 Å². The molecule has 1 aromatic carbocycles. The molecule has 6 heteroatoms. The van der Waals surface area contributed by atoms with Gasteiger partial charge < -0.3 is 5.32 Å². The van der Waals surface area contributed by atoms with E-state index in [9.17, 15) is 4.79 Å². The van der Waals surface area contributed by atoms with Crippen LogP contribution in [0.4, 0.5) is 5.69 Å². The van der Waals surface area contributed by atoms with Crippen molar-refractivity contribution >= 4 is 57.5 Å². The van der Waals surface area contributed by atoms with E-state index in [4.69, 9.17) is 11.6 Å². The Morgan fingerprint density at radius 3 is 2.95 bits per heavy atom. The highest BCUT2D eigenvalue weighted by Crippen LogP contribution is 2.31. The van der Waals surface area contributed by atoms with E-state index >= 15 is 0 Å². The third-order valence-corrected chi connectivity index (χ3v) is 4.97. The molecule has 1 aliphatic heterocycles. The first-order chi connectivity index (χ1) is 10.1. The minimum absolute atomic E-state index is 0.121. The summed E-state index contributed by atoms with van der Waals surface area (Å²) in [6.45, 7) is 1.91. The van der Waals surface area contributed by atoms with E-state index in [1.165, 1.54) is 11.8 Å². The third-order valence-electron chi connectivity index (χ3n) is 2.95. The van der Waals surface area contributed by atoms with Crippen molar-refractivity contribution in [2.24, 2.45) is 4.99 Å². The maximum Gasteiger partial charge on any atom is 0.264 e. The summed E-state index contributed by atoms with van der Waals surface area (Å²) in [6, 6.07) is 7.52. The Labute approximate surface area is 135 Å². The molecule has 1 fully saturated rings.